The highest BCUT2D eigenvalue weighted by molar-refractivity contribution is 9.10. The molecule has 0 unspecified atom stereocenters. The fraction of sp³-hybridized carbons (Fsp3) is 0.0833. The van der Waals surface area contributed by atoms with Crippen LogP contribution in [0.15, 0.2) is 45.9 Å². The second-order valence-electron chi connectivity index (χ2n) is 3.88. The fourth-order valence-electron chi connectivity index (χ4n) is 1.46. The number of pyridine rings is 1. The van der Waals surface area contributed by atoms with Gasteiger partial charge in [0.2, 0.25) is 10.0 Å². The number of sulfonamides is 1. The van der Waals surface area contributed by atoms with Crippen molar-refractivity contribution in [2.45, 2.75) is 11.4 Å². The average Bonchev–Trinajstić information content (AvgIpc) is 2.40. The topological polar surface area (TPSA) is 59.1 Å². The normalized spacial score (nSPS) is 11.6. The highest BCUT2D eigenvalue weighted by Crippen LogP contribution is 2.18. The quantitative estimate of drug-likeness (QED) is 0.830. The van der Waals surface area contributed by atoms with Crippen LogP contribution in [0.2, 0.25) is 5.15 Å². The van der Waals surface area contributed by atoms with Crippen LogP contribution in [0, 0.1) is 5.82 Å². The lowest BCUT2D eigenvalue weighted by Gasteiger charge is -2.08. The Morgan fingerprint density at radius 2 is 1.95 bits per heavy atom. The van der Waals surface area contributed by atoms with Crippen molar-refractivity contribution < 1.29 is 12.8 Å². The average molecular weight is 380 g/mol. The van der Waals surface area contributed by atoms with Gasteiger partial charge in [-0.15, -0.1) is 0 Å². The Bertz CT molecular complexity index is 723. The summed E-state index contributed by atoms with van der Waals surface area (Å²) < 4.78 is 39.9. The third-order valence-electron chi connectivity index (χ3n) is 2.45. The summed E-state index contributed by atoms with van der Waals surface area (Å²) in [5.41, 5.74) is 0.534. The first-order valence-corrected chi connectivity index (χ1v) is 8.09. The highest BCUT2D eigenvalue weighted by Gasteiger charge is 2.14. The van der Waals surface area contributed by atoms with Crippen molar-refractivity contribution in [3.05, 3.63) is 57.5 Å². The largest absolute Gasteiger partial charge is 0.243 e. The molecule has 0 spiro atoms. The molecule has 8 heteroatoms. The molecule has 0 saturated carbocycles. The zero-order chi connectivity index (χ0) is 14.8. The van der Waals surface area contributed by atoms with E-state index in [1.165, 1.54) is 18.3 Å². The van der Waals surface area contributed by atoms with Crippen molar-refractivity contribution in [2.24, 2.45) is 0 Å². The van der Waals surface area contributed by atoms with Gasteiger partial charge in [-0.1, -0.05) is 11.6 Å². The van der Waals surface area contributed by atoms with E-state index < -0.39 is 15.8 Å². The van der Waals surface area contributed by atoms with Crippen molar-refractivity contribution in [3.8, 4) is 0 Å². The Balaban J connectivity index is 2.17. The van der Waals surface area contributed by atoms with Crippen molar-refractivity contribution in [2.75, 3.05) is 0 Å². The number of halogens is 3. The molecule has 0 aliphatic carbocycles. The first-order valence-electron chi connectivity index (χ1n) is 5.43. The summed E-state index contributed by atoms with van der Waals surface area (Å²) in [5.74, 6) is -0.497. The molecule has 20 heavy (non-hydrogen) atoms. The molecule has 0 atom stereocenters. The number of benzene rings is 1. The van der Waals surface area contributed by atoms with Crippen LogP contribution in [0.4, 0.5) is 4.39 Å². The van der Waals surface area contributed by atoms with Gasteiger partial charge in [0, 0.05) is 22.8 Å². The predicted octanol–water partition coefficient (Wildman–Crippen LogP) is 3.12. The molecule has 1 aromatic heterocycles. The van der Waals surface area contributed by atoms with Crippen LogP contribution < -0.4 is 4.72 Å². The summed E-state index contributed by atoms with van der Waals surface area (Å²) >= 11 is 9.11. The third-order valence-corrected chi connectivity index (χ3v) is 4.65. The van der Waals surface area contributed by atoms with E-state index in [1.54, 1.807) is 6.07 Å². The molecule has 2 rings (SSSR count). The Kier molecular flexibility index (Phi) is 4.74. The summed E-state index contributed by atoms with van der Waals surface area (Å²) in [5, 5.41) is 0.218. The maximum atomic E-state index is 12.8. The second-order valence-corrected chi connectivity index (χ2v) is 6.92. The number of nitrogens with zero attached hydrogens (tertiary/aromatic N) is 1. The number of hydrogen-bond acceptors (Lipinski definition) is 3. The van der Waals surface area contributed by atoms with Crippen molar-refractivity contribution >= 4 is 37.6 Å². The molecule has 106 valence electrons. The van der Waals surface area contributed by atoms with E-state index in [0.29, 0.717) is 10.0 Å². The van der Waals surface area contributed by atoms with Gasteiger partial charge >= 0.3 is 0 Å². The lowest BCUT2D eigenvalue weighted by Crippen LogP contribution is -2.23. The summed E-state index contributed by atoms with van der Waals surface area (Å²) in [6.07, 6.45) is 1.51. The third kappa shape index (κ3) is 3.76. The molecule has 1 heterocycles. The predicted molar refractivity (Wildman–Crippen MR) is 77.4 cm³/mol. The second kappa shape index (κ2) is 6.17. The molecule has 0 radical (unpaired) electrons. The van der Waals surface area contributed by atoms with Crippen LogP contribution in [0.5, 0.6) is 0 Å². The molecule has 0 bridgehead atoms. The number of nitrogens with one attached hydrogen (secondary N) is 1. The molecule has 1 N–H and O–H groups in total. The smallest absolute Gasteiger partial charge is 0.240 e. The summed E-state index contributed by atoms with van der Waals surface area (Å²) in [6.45, 7) is -0.00895. The Morgan fingerprint density at radius 1 is 1.30 bits per heavy atom. The molecular weight excluding hydrogens is 371 g/mol. The van der Waals surface area contributed by atoms with Crippen LogP contribution in [0.3, 0.4) is 0 Å². The molecule has 0 fully saturated rings. The van der Waals surface area contributed by atoms with Gasteiger partial charge in [-0.25, -0.2) is 22.5 Å². The van der Waals surface area contributed by atoms with Crippen LogP contribution >= 0.6 is 27.5 Å². The van der Waals surface area contributed by atoms with Gasteiger partial charge in [0.1, 0.15) is 11.0 Å². The van der Waals surface area contributed by atoms with E-state index in [-0.39, 0.29) is 16.6 Å². The van der Waals surface area contributed by atoms with Gasteiger partial charge in [0.15, 0.2) is 0 Å². The van der Waals surface area contributed by atoms with E-state index in [1.807, 2.05) is 0 Å². The first kappa shape index (κ1) is 15.4. The van der Waals surface area contributed by atoms with E-state index >= 15 is 0 Å². The summed E-state index contributed by atoms with van der Waals surface area (Å²) in [6, 6.07) is 6.23. The van der Waals surface area contributed by atoms with Crippen LogP contribution in [0.1, 0.15) is 5.56 Å². The maximum absolute atomic E-state index is 12.8. The molecule has 4 nitrogen and oxygen atoms in total. The van der Waals surface area contributed by atoms with Gasteiger partial charge in [0.05, 0.1) is 4.90 Å². The maximum Gasteiger partial charge on any atom is 0.240 e. The number of hydrogen-bond donors (Lipinski definition) is 1. The summed E-state index contributed by atoms with van der Waals surface area (Å²) in [7, 11) is -3.72. The number of aromatic nitrogens is 1. The fourth-order valence-corrected chi connectivity index (χ4v) is 3.01. The molecule has 0 amide bonds. The molecule has 2 aromatic rings. The van der Waals surface area contributed by atoms with E-state index in [4.69, 9.17) is 11.6 Å². The van der Waals surface area contributed by atoms with E-state index in [0.717, 1.165) is 12.1 Å². The zero-order valence-electron chi connectivity index (χ0n) is 9.98. The van der Waals surface area contributed by atoms with Gasteiger partial charge in [-0.3, -0.25) is 0 Å². The SMILES string of the molecule is O=S(=O)(NCc1cc(Br)cnc1Cl)c1ccc(F)cc1. The van der Waals surface area contributed by atoms with Gasteiger partial charge < -0.3 is 0 Å². The standard InChI is InChI=1S/C12H9BrClFN2O2S/c13-9-5-8(12(14)16-7-9)6-17-20(18,19)11-3-1-10(15)2-4-11/h1-5,7,17H,6H2. The van der Waals surface area contributed by atoms with Gasteiger partial charge in [0.25, 0.3) is 0 Å². The van der Waals surface area contributed by atoms with E-state index in [2.05, 4.69) is 25.6 Å². The Labute approximate surface area is 129 Å². The molecule has 0 saturated heterocycles. The van der Waals surface area contributed by atoms with Crippen molar-refractivity contribution in [1.82, 2.24) is 9.71 Å². The Morgan fingerprint density at radius 3 is 2.60 bits per heavy atom. The minimum absolute atomic E-state index is 0.00895. The first-order chi connectivity index (χ1) is 9.38. The van der Waals surface area contributed by atoms with Gasteiger partial charge in [-0.2, -0.15) is 0 Å². The van der Waals surface area contributed by atoms with Crippen LogP contribution in [-0.2, 0) is 16.6 Å². The lowest BCUT2D eigenvalue weighted by molar-refractivity contribution is 0.580. The lowest BCUT2D eigenvalue weighted by atomic mass is 10.3. The molecular formula is C12H9BrClFN2O2S. The minimum atomic E-state index is -3.72. The van der Waals surface area contributed by atoms with Crippen LogP contribution in [0.25, 0.3) is 0 Å². The number of rotatable bonds is 4. The van der Waals surface area contributed by atoms with Crippen molar-refractivity contribution in [3.63, 3.8) is 0 Å². The van der Waals surface area contributed by atoms with Crippen molar-refractivity contribution in [1.29, 1.82) is 0 Å². The monoisotopic (exact) mass is 378 g/mol. The molecule has 0 aliphatic rings. The van der Waals surface area contributed by atoms with Crippen LogP contribution in [-0.4, -0.2) is 13.4 Å². The summed E-state index contributed by atoms with van der Waals surface area (Å²) in [4.78, 5) is 3.88. The molecule has 0 aliphatic heterocycles. The zero-order valence-corrected chi connectivity index (χ0v) is 13.1. The molecule has 1 aromatic carbocycles. The minimum Gasteiger partial charge on any atom is -0.243 e. The Hall–Kier alpha value is -1.02. The van der Waals surface area contributed by atoms with E-state index in [9.17, 15) is 12.8 Å². The highest BCUT2D eigenvalue weighted by atomic mass is 79.9. The van der Waals surface area contributed by atoms with Gasteiger partial charge in [-0.05, 0) is 46.3 Å².